The number of halogens is 1. The number of piperazine rings is 1. The van der Waals surface area contributed by atoms with E-state index in [1.54, 1.807) is 4.90 Å². The first-order chi connectivity index (χ1) is 11.8. The SMILES string of the molecule is CS(=O)(=O)N1CCN(C(=O)c2cnc(O[C@H]3CCOC3)c(Cl)c2)CC1. The van der Waals surface area contributed by atoms with Crippen molar-refractivity contribution in [1.29, 1.82) is 0 Å². The number of aromatic nitrogens is 1. The maximum Gasteiger partial charge on any atom is 0.255 e. The van der Waals surface area contributed by atoms with Crippen molar-refractivity contribution in [2.75, 3.05) is 45.6 Å². The van der Waals surface area contributed by atoms with Crippen LogP contribution in [0.2, 0.25) is 5.02 Å². The van der Waals surface area contributed by atoms with E-state index in [0.29, 0.717) is 31.9 Å². The first-order valence-corrected chi connectivity index (χ1v) is 10.2. The molecule has 0 spiro atoms. The number of rotatable bonds is 4. The number of nitrogens with zero attached hydrogens (tertiary/aromatic N) is 3. The fourth-order valence-electron chi connectivity index (χ4n) is 2.80. The van der Waals surface area contributed by atoms with Crippen molar-refractivity contribution in [2.45, 2.75) is 12.5 Å². The van der Waals surface area contributed by atoms with E-state index in [9.17, 15) is 13.2 Å². The summed E-state index contributed by atoms with van der Waals surface area (Å²) in [6.45, 7) is 2.40. The van der Waals surface area contributed by atoms with E-state index in [-0.39, 0.29) is 36.0 Å². The summed E-state index contributed by atoms with van der Waals surface area (Å²) in [6, 6.07) is 1.53. The molecule has 1 aromatic heterocycles. The lowest BCUT2D eigenvalue weighted by molar-refractivity contribution is 0.0697. The molecule has 1 amide bonds. The van der Waals surface area contributed by atoms with Crippen LogP contribution in [0.3, 0.4) is 0 Å². The second-order valence-corrected chi connectivity index (χ2v) is 8.46. The number of ether oxygens (including phenoxy) is 2. The maximum absolute atomic E-state index is 12.6. The Morgan fingerprint density at radius 2 is 2.08 bits per heavy atom. The third-order valence-electron chi connectivity index (χ3n) is 4.22. The highest BCUT2D eigenvalue weighted by molar-refractivity contribution is 7.88. The second-order valence-electron chi connectivity index (χ2n) is 6.07. The van der Waals surface area contributed by atoms with Gasteiger partial charge in [0, 0.05) is 38.8 Å². The normalized spacial score (nSPS) is 22.2. The average molecular weight is 390 g/mol. The smallest absolute Gasteiger partial charge is 0.255 e. The van der Waals surface area contributed by atoms with E-state index < -0.39 is 10.0 Å². The minimum absolute atomic E-state index is 0.0735. The molecular formula is C15H20ClN3O5S. The van der Waals surface area contributed by atoms with Crippen molar-refractivity contribution in [3.8, 4) is 5.88 Å². The van der Waals surface area contributed by atoms with Gasteiger partial charge in [-0.15, -0.1) is 0 Å². The molecule has 0 saturated carbocycles. The lowest BCUT2D eigenvalue weighted by atomic mass is 10.2. The van der Waals surface area contributed by atoms with E-state index in [4.69, 9.17) is 21.1 Å². The Balaban J connectivity index is 1.63. The van der Waals surface area contributed by atoms with Gasteiger partial charge in [-0.05, 0) is 6.07 Å². The van der Waals surface area contributed by atoms with Gasteiger partial charge < -0.3 is 14.4 Å². The molecule has 138 valence electrons. The van der Waals surface area contributed by atoms with Crippen LogP contribution in [0, 0.1) is 0 Å². The first kappa shape index (κ1) is 18.4. The second kappa shape index (κ2) is 7.45. The predicted octanol–water partition coefficient (Wildman–Crippen LogP) is 0.620. The van der Waals surface area contributed by atoms with Crippen LogP contribution in [-0.2, 0) is 14.8 Å². The lowest BCUT2D eigenvalue weighted by Gasteiger charge is -2.33. The number of hydrogen-bond acceptors (Lipinski definition) is 6. The molecule has 10 heteroatoms. The van der Waals surface area contributed by atoms with Crippen molar-refractivity contribution in [3.05, 3.63) is 22.8 Å². The monoisotopic (exact) mass is 389 g/mol. The zero-order valence-electron chi connectivity index (χ0n) is 13.9. The number of pyridine rings is 1. The molecule has 3 heterocycles. The highest BCUT2D eigenvalue weighted by Gasteiger charge is 2.27. The highest BCUT2D eigenvalue weighted by Crippen LogP contribution is 2.25. The summed E-state index contributed by atoms with van der Waals surface area (Å²) in [5, 5.41) is 0.271. The Kier molecular flexibility index (Phi) is 5.47. The Bertz CT molecular complexity index is 744. The molecule has 0 bridgehead atoms. The molecule has 2 aliphatic rings. The van der Waals surface area contributed by atoms with Gasteiger partial charge in [0.1, 0.15) is 11.1 Å². The quantitative estimate of drug-likeness (QED) is 0.750. The van der Waals surface area contributed by atoms with Gasteiger partial charge >= 0.3 is 0 Å². The molecule has 8 nitrogen and oxygen atoms in total. The fraction of sp³-hybridized carbons (Fsp3) is 0.600. The topological polar surface area (TPSA) is 89.0 Å². The largest absolute Gasteiger partial charge is 0.471 e. The van der Waals surface area contributed by atoms with Crippen LogP contribution >= 0.6 is 11.6 Å². The van der Waals surface area contributed by atoms with Crippen LogP contribution in [0.1, 0.15) is 16.8 Å². The number of amides is 1. The molecule has 2 fully saturated rings. The van der Waals surface area contributed by atoms with Crippen LogP contribution in [0.4, 0.5) is 0 Å². The Hall–Kier alpha value is -1.42. The molecule has 2 aliphatic heterocycles. The standard InChI is InChI=1S/C15H20ClN3O5S/c1-25(21,22)19-5-3-18(4-6-19)15(20)11-8-13(16)14(17-9-11)24-12-2-7-23-10-12/h8-9,12H,2-7,10H2,1H3/t12-/m0/s1. The van der Waals surface area contributed by atoms with Crippen molar-refractivity contribution < 1.29 is 22.7 Å². The molecule has 25 heavy (non-hydrogen) atoms. The van der Waals surface area contributed by atoms with E-state index in [1.165, 1.54) is 22.8 Å². The number of carbonyl (C=O) groups is 1. The zero-order valence-corrected chi connectivity index (χ0v) is 15.4. The Morgan fingerprint density at radius 3 is 2.64 bits per heavy atom. The van der Waals surface area contributed by atoms with Gasteiger partial charge in [-0.3, -0.25) is 4.79 Å². The van der Waals surface area contributed by atoms with Gasteiger partial charge in [-0.2, -0.15) is 4.31 Å². The number of hydrogen-bond donors (Lipinski definition) is 0. The average Bonchev–Trinajstić information content (AvgIpc) is 3.08. The Morgan fingerprint density at radius 1 is 1.36 bits per heavy atom. The lowest BCUT2D eigenvalue weighted by Crippen LogP contribution is -2.50. The van der Waals surface area contributed by atoms with Crippen molar-refractivity contribution in [2.24, 2.45) is 0 Å². The highest BCUT2D eigenvalue weighted by atomic mass is 35.5. The maximum atomic E-state index is 12.6. The van der Waals surface area contributed by atoms with Gasteiger partial charge in [0.25, 0.3) is 5.91 Å². The fourth-order valence-corrected chi connectivity index (χ4v) is 3.84. The third-order valence-corrected chi connectivity index (χ3v) is 5.79. The summed E-state index contributed by atoms with van der Waals surface area (Å²) in [4.78, 5) is 18.3. The third kappa shape index (κ3) is 4.41. The van der Waals surface area contributed by atoms with Crippen molar-refractivity contribution in [3.63, 3.8) is 0 Å². The summed E-state index contributed by atoms with van der Waals surface area (Å²) in [5.41, 5.74) is 0.354. The van der Waals surface area contributed by atoms with Crippen molar-refractivity contribution in [1.82, 2.24) is 14.2 Å². The summed E-state index contributed by atoms with van der Waals surface area (Å²) in [5.74, 6) is 0.0638. The van der Waals surface area contributed by atoms with Crippen LogP contribution in [-0.4, -0.2) is 80.3 Å². The van der Waals surface area contributed by atoms with E-state index >= 15 is 0 Å². The molecule has 1 aromatic rings. The summed E-state index contributed by atoms with van der Waals surface area (Å²) in [6.07, 6.45) is 3.31. The first-order valence-electron chi connectivity index (χ1n) is 7.99. The summed E-state index contributed by atoms with van der Waals surface area (Å²) in [7, 11) is -3.23. The van der Waals surface area contributed by atoms with Crippen molar-refractivity contribution >= 4 is 27.5 Å². The van der Waals surface area contributed by atoms with E-state index in [2.05, 4.69) is 4.98 Å². The number of carbonyl (C=O) groups excluding carboxylic acids is 1. The summed E-state index contributed by atoms with van der Waals surface area (Å²) >= 11 is 6.19. The van der Waals surface area contributed by atoms with Crippen LogP contribution in [0.25, 0.3) is 0 Å². The zero-order chi connectivity index (χ0) is 18.0. The molecular weight excluding hydrogens is 370 g/mol. The molecule has 0 unspecified atom stereocenters. The van der Waals surface area contributed by atoms with E-state index in [1.807, 2.05) is 0 Å². The predicted molar refractivity (Wildman–Crippen MR) is 91.4 cm³/mol. The van der Waals surface area contributed by atoms with Crippen LogP contribution in [0.15, 0.2) is 12.3 Å². The molecule has 3 rings (SSSR count). The van der Waals surface area contributed by atoms with Crippen LogP contribution < -0.4 is 4.74 Å². The Labute approximate surface area is 151 Å². The minimum Gasteiger partial charge on any atom is -0.471 e. The van der Waals surface area contributed by atoms with Crippen LogP contribution in [0.5, 0.6) is 5.88 Å². The van der Waals surface area contributed by atoms with E-state index in [0.717, 1.165) is 6.42 Å². The molecule has 0 aliphatic carbocycles. The molecule has 0 aromatic carbocycles. The molecule has 1 atom stereocenters. The molecule has 0 N–H and O–H groups in total. The minimum atomic E-state index is -3.23. The van der Waals surface area contributed by atoms with Gasteiger partial charge in [-0.25, -0.2) is 13.4 Å². The molecule has 2 saturated heterocycles. The van der Waals surface area contributed by atoms with Gasteiger partial charge in [-0.1, -0.05) is 11.6 Å². The molecule has 0 radical (unpaired) electrons. The van der Waals surface area contributed by atoms with Gasteiger partial charge in [0.15, 0.2) is 0 Å². The number of sulfonamides is 1. The van der Waals surface area contributed by atoms with Gasteiger partial charge in [0.05, 0.1) is 25.0 Å². The summed E-state index contributed by atoms with van der Waals surface area (Å²) < 4.78 is 35.3. The van der Waals surface area contributed by atoms with Gasteiger partial charge in [0.2, 0.25) is 15.9 Å².